The SMILES string of the molecule is CC(C)[N-]P(c1ccccc1)c1ccccc1.CC(C)[N-][PH+](c1ccccc1)c1ccccc1.CC(C)[N-][PH+](c1ccccc1)c1ccccc1.CC(C)[N-][PH+](c1ccccc1)c1ccccc1.[Fe+2].[Fe+2]. The van der Waals surface area contributed by atoms with Crippen molar-refractivity contribution < 1.29 is 34.1 Å². The van der Waals surface area contributed by atoms with Gasteiger partial charge in [0.2, 0.25) is 0 Å². The molecule has 8 aromatic carbocycles. The van der Waals surface area contributed by atoms with E-state index in [1.165, 1.54) is 42.4 Å². The van der Waals surface area contributed by atoms with Crippen molar-refractivity contribution in [3.8, 4) is 0 Å². The summed E-state index contributed by atoms with van der Waals surface area (Å²) in [6.07, 6.45) is 0. The molecule has 0 saturated carbocycles. The standard InChI is InChI=1S/3C15H18NP.C15H17NP.2Fe/c4*1-13(2)16-17(14-9-5-3-6-10-14)15-11-7-4-8-12-15;;/h3*3-13,17H,1-2H3;3-13H,1-2H3;;/q;;;-1;2*+2. The van der Waals surface area contributed by atoms with Crippen LogP contribution in [0.4, 0.5) is 0 Å². The van der Waals surface area contributed by atoms with Gasteiger partial charge in [-0.15, -0.1) is 24.2 Å². The van der Waals surface area contributed by atoms with Gasteiger partial charge < -0.3 is 20.3 Å². The van der Waals surface area contributed by atoms with Crippen molar-refractivity contribution in [2.24, 2.45) is 0 Å². The molecule has 0 atom stereocenters. The second-order valence-corrected chi connectivity index (χ2v) is 25.3. The molecule has 4 nitrogen and oxygen atoms in total. The van der Waals surface area contributed by atoms with Crippen LogP contribution >= 0.6 is 32.3 Å². The van der Waals surface area contributed by atoms with Crippen molar-refractivity contribution in [1.29, 1.82) is 0 Å². The molecule has 0 aliphatic carbocycles. The predicted molar refractivity (Wildman–Crippen MR) is 314 cm³/mol. The minimum atomic E-state index is -0.974. The molecule has 0 N–H and O–H groups in total. The quantitative estimate of drug-likeness (QED) is 0.0684. The maximum Gasteiger partial charge on any atom is 2.00 e. The van der Waals surface area contributed by atoms with Crippen molar-refractivity contribution >= 4 is 74.7 Å². The molecule has 0 aromatic heterocycles. The zero-order valence-electron chi connectivity index (χ0n) is 41.8. The van der Waals surface area contributed by atoms with Crippen LogP contribution in [0, 0.1) is 0 Å². The molecule has 10 heteroatoms. The summed E-state index contributed by atoms with van der Waals surface area (Å²) in [5.41, 5.74) is 0. The second-order valence-electron chi connectivity index (χ2n) is 17.1. The zero-order valence-corrected chi connectivity index (χ0v) is 47.9. The Balaban J connectivity index is 0.000000245. The summed E-state index contributed by atoms with van der Waals surface area (Å²) in [6.45, 7) is 17.2. The third-order valence-electron chi connectivity index (χ3n) is 9.79. The van der Waals surface area contributed by atoms with Gasteiger partial charge >= 0.3 is 34.1 Å². The van der Waals surface area contributed by atoms with E-state index >= 15 is 0 Å². The molecule has 0 bridgehead atoms. The predicted octanol–water partition coefficient (Wildman–Crippen LogP) is 14.5. The third-order valence-corrected chi connectivity index (χ3v) is 19.7. The molecular formula is C60H71Fe2N4P4+3. The van der Waals surface area contributed by atoms with Gasteiger partial charge in [-0.3, -0.25) is 0 Å². The van der Waals surface area contributed by atoms with Crippen LogP contribution in [0.2, 0.25) is 0 Å². The Kier molecular flexibility index (Phi) is 30.0. The minimum Gasteiger partial charge on any atom is -0.626 e. The van der Waals surface area contributed by atoms with Gasteiger partial charge in [-0.05, 0) is 108 Å². The summed E-state index contributed by atoms with van der Waals surface area (Å²) >= 11 is 0. The molecule has 8 aromatic rings. The van der Waals surface area contributed by atoms with E-state index in [1.807, 2.05) is 0 Å². The van der Waals surface area contributed by atoms with E-state index in [-0.39, 0.29) is 34.1 Å². The number of hydrogen-bond acceptors (Lipinski definition) is 0. The van der Waals surface area contributed by atoms with Crippen molar-refractivity contribution in [3.63, 3.8) is 0 Å². The molecule has 0 radical (unpaired) electrons. The Bertz CT molecular complexity index is 1970. The van der Waals surface area contributed by atoms with Gasteiger partial charge in [0.25, 0.3) is 0 Å². The smallest absolute Gasteiger partial charge is 0.626 e. The Morgan fingerprint density at radius 3 is 0.586 bits per heavy atom. The Morgan fingerprint density at radius 2 is 0.429 bits per heavy atom. The first-order valence-electron chi connectivity index (χ1n) is 23.8. The van der Waals surface area contributed by atoms with Crippen molar-refractivity contribution in [2.75, 3.05) is 0 Å². The molecule has 8 rings (SSSR count). The number of rotatable bonds is 16. The number of nitrogens with zero attached hydrogens (tertiary/aromatic N) is 4. The Morgan fingerprint density at radius 1 is 0.257 bits per heavy atom. The van der Waals surface area contributed by atoms with Crippen LogP contribution in [0.5, 0.6) is 0 Å². The first-order valence-corrected chi connectivity index (χ1v) is 29.4. The molecule has 0 heterocycles. The molecule has 0 aliphatic heterocycles. The normalized spacial score (nSPS) is 10.7. The fourth-order valence-electron chi connectivity index (χ4n) is 6.95. The fraction of sp³-hybridized carbons (Fsp3) is 0.200. The minimum absolute atomic E-state index is 0. The zero-order chi connectivity index (χ0) is 48.4. The van der Waals surface area contributed by atoms with Crippen LogP contribution in [0.1, 0.15) is 55.4 Å². The van der Waals surface area contributed by atoms with E-state index in [9.17, 15) is 0 Å². The Labute approximate surface area is 448 Å². The van der Waals surface area contributed by atoms with E-state index in [0.29, 0.717) is 24.2 Å². The Hall–Kier alpha value is -3.64. The molecule has 0 amide bonds. The van der Waals surface area contributed by atoms with Crippen LogP contribution in [-0.2, 0) is 34.1 Å². The van der Waals surface area contributed by atoms with Gasteiger partial charge in [0.15, 0.2) is 0 Å². The van der Waals surface area contributed by atoms with Crippen LogP contribution in [-0.4, -0.2) is 24.2 Å². The van der Waals surface area contributed by atoms with E-state index in [4.69, 9.17) is 20.3 Å². The molecule has 0 saturated heterocycles. The van der Waals surface area contributed by atoms with Gasteiger partial charge in [-0.25, -0.2) is 0 Å². The number of benzene rings is 8. The first kappa shape index (κ1) is 60.7. The first-order chi connectivity index (χ1) is 33.1. The van der Waals surface area contributed by atoms with Crippen LogP contribution < -0.4 is 42.4 Å². The van der Waals surface area contributed by atoms with E-state index in [0.717, 1.165) is 0 Å². The summed E-state index contributed by atoms with van der Waals surface area (Å²) in [4.78, 5) is 0. The van der Waals surface area contributed by atoms with Gasteiger partial charge in [0.05, 0.1) is 31.8 Å². The van der Waals surface area contributed by atoms with Crippen molar-refractivity contribution in [2.45, 2.75) is 79.6 Å². The van der Waals surface area contributed by atoms with Crippen molar-refractivity contribution in [3.05, 3.63) is 263 Å². The van der Waals surface area contributed by atoms with E-state index in [1.54, 1.807) is 0 Å². The maximum atomic E-state index is 4.92. The van der Waals surface area contributed by atoms with E-state index in [2.05, 4.69) is 298 Å². The summed E-state index contributed by atoms with van der Waals surface area (Å²) in [7, 11) is -3.49. The average molecular weight is 1080 g/mol. The summed E-state index contributed by atoms with van der Waals surface area (Å²) < 4.78 is 0. The molecule has 364 valence electrons. The summed E-state index contributed by atoms with van der Waals surface area (Å²) in [5, 5.41) is 30.4. The van der Waals surface area contributed by atoms with Crippen LogP contribution in [0.3, 0.4) is 0 Å². The van der Waals surface area contributed by atoms with E-state index < -0.39 is 32.3 Å². The molecule has 0 fully saturated rings. The van der Waals surface area contributed by atoms with Gasteiger partial charge in [0, 0.05) is 0 Å². The molecular weight excluding hydrogens is 1010 g/mol. The largest absolute Gasteiger partial charge is 2.00 e. The average Bonchev–Trinajstić information content (AvgIpc) is 3.38. The molecule has 0 aliphatic rings. The van der Waals surface area contributed by atoms with Gasteiger partial charge in [-0.1, -0.05) is 225 Å². The molecule has 70 heavy (non-hydrogen) atoms. The monoisotopic (exact) mass is 1080 g/mol. The van der Waals surface area contributed by atoms with Gasteiger partial charge in [-0.2, -0.15) is 8.07 Å². The van der Waals surface area contributed by atoms with Crippen LogP contribution in [0.25, 0.3) is 20.3 Å². The van der Waals surface area contributed by atoms with Crippen LogP contribution in [0.15, 0.2) is 243 Å². The third kappa shape index (κ3) is 22.0. The summed E-state index contributed by atoms with van der Waals surface area (Å²) in [5.74, 6) is 0. The number of hydrogen-bond donors (Lipinski definition) is 0. The molecule has 0 unspecified atom stereocenters. The fourth-order valence-corrected chi connectivity index (χ4v) is 15.4. The van der Waals surface area contributed by atoms with Crippen molar-refractivity contribution in [1.82, 2.24) is 0 Å². The molecule has 0 spiro atoms. The summed E-state index contributed by atoms with van der Waals surface area (Å²) in [6, 6.07) is 86.4. The second kappa shape index (κ2) is 34.7. The van der Waals surface area contributed by atoms with Gasteiger partial charge in [0.1, 0.15) is 0 Å². The topological polar surface area (TPSA) is 56.4 Å². The maximum absolute atomic E-state index is 4.92.